The number of carbonyl (C=O) groups excluding carboxylic acids is 2. The van der Waals surface area contributed by atoms with Crippen molar-refractivity contribution in [1.29, 1.82) is 5.26 Å². The van der Waals surface area contributed by atoms with Crippen LogP contribution >= 0.6 is 0 Å². The molecule has 0 saturated carbocycles. The molecule has 0 radical (unpaired) electrons. The predicted octanol–water partition coefficient (Wildman–Crippen LogP) is 4.47. The molecule has 0 N–H and O–H groups in total. The van der Waals surface area contributed by atoms with Gasteiger partial charge in [0.2, 0.25) is 0 Å². The van der Waals surface area contributed by atoms with Crippen molar-refractivity contribution in [3.05, 3.63) is 82.6 Å². The van der Waals surface area contributed by atoms with Crippen LogP contribution in [0, 0.1) is 18.3 Å². The fourth-order valence-corrected chi connectivity index (χ4v) is 4.02. The lowest BCUT2D eigenvalue weighted by atomic mass is 9.93. The highest BCUT2D eigenvalue weighted by molar-refractivity contribution is 6.19. The molecule has 7 heteroatoms. The molecule has 0 spiro atoms. The van der Waals surface area contributed by atoms with E-state index in [2.05, 4.69) is 0 Å². The first-order valence-electron chi connectivity index (χ1n) is 10.9. The largest absolute Gasteiger partial charge is 0.497 e. The van der Waals surface area contributed by atoms with Crippen LogP contribution in [0.1, 0.15) is 25.0 Å². The maximum atomic E-state index is 13.2. The number of benzene rings is 2. The Morgan fingerprint density at radius 1 is 1.09 bits per heavy atom. The number of aromatic nitrogens is 2. The second kappa shape index (κ2) is 9.20. The van der Waals surface area contributed by atoms with Crippen molar-refractivity contribution >= 4 is 17.9 Å². The monoisotopic (exact) mass is 452 g/mol. The van der Waals surface area contributed by atoms with Crippen LogP contribution in [-0.2, 0) is 9.59 Å². The minimum atomic E-state index is -0.559. The van der Waals surface area contributed by atoms with Gasteiger partial charge >= 0.3 is 0 Å². The second-order valence-corrected chi connectivity index (χ2v) is 7.92. The van der Waals surface area contributed by atoms with Crippen molar-refractivity contribution < 1.29 is 14.3 Å². The Balaban J connectivity index is 1.95. The number of imide groups is 1. The maximum Gasteiger partial charge on any atom is 0.271 e. The molecule has 0 atom stereocenters. The number of amides is 2. The van der Waals surface area contributed by atoms with Gasteiger partial charge in [-0.05, 0) is 68.3 Å². The van der Waals surface area contributed by atoms with Crippen LogP contribution in [0.4, 0.5) is 0 Å². The average Bonchev–Trinajstić information content (AvgIpc) is 3.26. The van der Waals surface area contributed by atoms with E-state index in [4.69, 9.17) is 9.84 Å². The van der Waals surface area contributed by atoms with Gasteiger partial charge in [-0.3, -0.25) is 14.5 Å². The molecule has 0 aliphatic carbocycles. The van der Waals surface area contributed by atoms with Crippen molar-refractivity contribution in [3.63, 3.8) is 0 Å². The molecular formula is C27H24N4O3. The Kier molecular flexibility index (Phi) is 6.15. The molecule has 0 unspecified atom stereocenters. The molecule has 2 amide bonds. The molecule has 170 valence electrons. The fourth-order valence-electron chi connectivity index (χ4n) is 4.02. The third kappa shape index (κ3) is 3.90. The zero-order chi connectivity index (χ0) is 24.4. The molecule has 1 aliphatic rings. The summed E-state index contributed by atoms with van der Waals surface area (Å²) in [5.41, 5.74) is 4.73. The van der Waals surface area contributed by atoms with Crippen molar-refractivity contribution in [2.24, 2.45) is 0 Å². The standard InChI is InChI=1S/C27H24N4O3/c1-5-30-26(32)23(18(3)24(15-28)27(30)33)14-19-16-31(20-9-7-6-8-10-20)29-25(19)22-12-11-21(34-4)13-17(22)2/h6-14,16H,5H2,1-4H3/b23-14+. The molecule has 1 aromatic heterocycles. The molecule has 2 aromatic carbocycles. The van der Waals surface area contributed by atoms with E-state index in [1.54, 1.807) is 31.7 Å². The quantitative estimate of drug-likeness (QED) is 0.421. The Bertz CT molecular complexity index is 1390. The van der Waals surface area contributed by atoms with Gasteiger partial charge in [0, 0.05) is 29.4 Å². The fraction of sp³-hybridized carbons (Fsp3) is 0.185. The minimum Gasteiger partial charge on any atom is -0.497 e. The Hall–Kier alpha value is -4.44. The average molecular weight is 453 g/mol. The molecule has 4 rings (SSSR count). The van der Waals surface area contributed by atoms with Gasteiger partial charge in [-0.15, -0.1) is 0 Å². The van der Waals surface area contributed by atoms with Gasteiger partial charge in [0.25, 0.3) is 11.8 Å². The van der Waals surface area contributed by atoms with Crippen LogP contribution in [0.2, 0.25) is 0 Å². The third-order valence-corrected chi connectivity index (χ3v) is 5.89. The molecule has 34 heavy (non-hydrogen) atoms. The van der Waals surface area contributed by atoms with E-state index in [0.717, 1.165) is 27.5 Å². The number of nitriles is 1. The van der Waals surface area contributed by atoms with E-state index in [0.29, 0.717) is 22.4 Å². The lowest BCUT2D eigenvalue weighted by molar-refractivity contribution is -0.140. The highest BCUT2D eigenvalue weighted by atomic mass is 16.5. The minimum absolute atomic E-state index is 0.0228. The number of likely N-dealkylation sites (N-methyl/N-ethyl adjacent to an activating group) is 1. The smallest absolute Gasteiger partial charge is 0.271 e. The van der Waals surface area contributed by atoms with E-state index in [-0.39, 0.29) is 12.1 Å². The molecule has 7 nitrogen and oxygen atoms in total. The first-order chi connectivity index (χ1) is 16.4. The maximum absolute atomic E-state index is 13.2. The van der Waals surface area contributed by atoms with Crippen molar-refractivity contribution in [1.82, 2.24) is 14.7 Å². The predicted molar refractivity (Wildman–Crippen MR) is 129 cm³/mol. The summed E-state index contributed by atoms with van der Waals surface area (Å²) in [4.78, 5) is 26.8. The van der Waals surface area contributed by atoms with Crippen LogP contribution in [0.5, 0.6) is 5.75 Å². The van der Waals surface area contributed by atoms with E-state index in [9.17, 15) is 14.9 Å². The Morgan fingerprint density at radius 2 is 1.82 bits per heavy atom. The summed E-state index contributed by atoms with van der Waals surface area (Å²) in [5.74, 6) is -0.245. The summed E-state index contributed by atoms with van der Waals surface area (Å²) >= 11 is 0. The van der Waals surface area contributed by atoms with Crippen LogP contribution in [-0.4, -0.2) is 40.1 Å². The number of para-hydroxylation sites is 1. The van der Waals surface area contributed by atoms with Crippen LogP contribution in [0.15, 0.2) is 71.4 Å². The number of methoxy groups -OCH3 is 1. The zero-order valence-electron chi connectivity index (χ0n) is 19.5. The van der Waals surface area contributed by atoms with Crippen LogP contribution < -0.4 is 4.74 Å². The number of rotatable bonds is 5. The van der Waals surface area contributed by atoms with Crippen molar-refractivity contribution in [2.45, 2.75) is 20.8 Å². The van der Waals surface area contributed by atoms with Gasteiger partial charge in [-0.25, -0.2) is 4.68 Å². The lowest BCUT2D eigenvalue weighted by Gasteiger charge is -2.26. The zero-order valence-corrected chi connectivity index (χ0v) is 19.5. The molecular weight excluding hydrogens is 428 g/mol. The molecule has 0 bridgehead atoms. The van der Waals surface area contributed by atoms with E-state index < -0.39 is 11.8 Å². The topological polar surface area (TPSA) is 88.2 Å². The molecule has 2 heterocycles. The van der Waals surface area contributed by atoms with Gasteiger partial charge in [0.1, 0.15) is 23.1 Å². The van der Waals surface area contributed by atoms with E-state index in [1.807, 2.05) is 67.7 Å². The molecule has 3 aromatic rings. The first kappa shape index (κ1) is 22.7. The van der Waals surface area contributed by atoms with Crippen molar-refractivity contribution in [3.8, 4) is 28.8 Å². The summed E-state index contributed by atoms with van der Waals surface area (Å²) < 4.78 is 7.10. The summed E-state index contributed by atoms with van der Waals surface area (Å²) in [6, 6.07) is 17.3. The van der Waals surface area contributed by atoms with E-state index in [1.165, 1.54) is 0 Å². The first-order valence-corrected chi connectivity index (χ1v) is 10.9. The normalized spacial score (nSPS) is 15.1. The van der Waals surface area contributed by atoms with Gasteiger partial charge in [0.15, 0.2) is 0 Å². The lowest BCUT2D eigenvalue weighted by Crippen LogP contribution is -2.42. The van der Waals surface area contributed by atoms with Crippen molar-refractivity contribution in [2.75, 3.05) is 13.7 Å². The molecule has 0 saturated heterocycles. The van der Waals surface area contributed by atoms with Crippen LogP contribution in [0.25, 0.3) is 23.0 Å². The molecule has 0 fully saturated rings. The summed E-state index contributed by atoms with van der Waals surface area (Å²) in [6.07, 6.45) is 3.57. The number of ether oxygens (including phenoxy) is 1. The second-order valence-electron chi connectivity index (χ2n) is 7.92. The number of aryl methyl sites for hydroxylation is 1. The number of nitrogens with zero attached hydrogens (tertiary/aromatic N) is 4. The van der Waals surface area contributed by atoms with E-state index >= 15 is 0 Å². The third-order valence-electron chi connectivity index (χ3n) is 5.89. The number of carbonyl (C=O) groups is 2. The number of hydrogen-bond acceptors (Lipinski definition) is 5. The summed E-state index contributed by atoms with van der Waals surface area (Å²) in [7, 11) is 1.62. The Labute approximate surface area is 198 Å². The molecule has 1 aliphatic heterocycles. The van der Waals surface area contributed by atoms with Gasteiger partial charge in [-0.2, -0.15) is 10.4 Å². The number of hydrogen-bond donors (Lipinski definition) is 0. The van der Waals surface area contributed by atoms with Gasteiger partial charge < -0.3 is 4.74 Å². The highest BCUT2D eigenvalue weighted by Gasteiger charge is 2.34. The highest BCUT2D eigenvalue weighted by Crippen LogP contribution is 2.33. The Morgan fingerprint density at radius 3 is 2.44 bits per heavy atom. The van der Waals surface area contributed by atoms with Gasteiger partial charge in [0.05, 0.1) is 12.8 Å². The summed E-state index contributed by atoms with van der Waals surface area (Å²) in [5, 5.41) is 14.4. The van der Waals surface area contributed by atoms with Gasteiger partial charge in [-0.1, -0.05) is 18.2 Å². The summed E-state index contributed by atoms with van der Waals surface area (Å²) in [6.45, 7) is 5.50. The van der Waals surface area contributed by atoms with Crippen LogP contribution in [0.3, 0.4) is 0 Å². The SMILES string of the molecule is CCN1C(=O)C(C#N)=C(C)/C(=C\c2cn(-c3ccccc3)nc2-c2ccc(OC)cc2C)C1=O.